The van der Waals surface area contributed by atoms with Crippen LogP contribution in [0.25, 0.3) is 0 Å². The van der Waals surface area contributed by atoms with Gasteiger partial charge in [-0.15, -0.1) is 11.8 Å². The first kappa shape index (κ1) is 23.6. The molecular formula is C14H15N6NaO6S2. The molecule has 0 aromatic carbocycles. The molecule has 2 amide bonds. The van der Waals surface area contributed by atoms with E-state index in [4.69, 9.17) is 10.6 Å². The number of aromatic nitrogens is 2. The van der Waals surface area contributed by atoms with Gasteiger partial charge >= 0.3 is 29.6 Å². The fourth-order valence-electron chi connectivity index (χ4n) is 2.65. The number of hydrogen-bond acceptors (Lipinski definition) is 12. The molecule has 0 unspecified atom stereocenters. The number of β-lactam (4-membered cyclic amide) rings is 1. The van der Waals surface area contributed by atoms with Crippen LogP contribution >= 0.6 is 23.3 Å². The Hall–Kier alpha value is -1.71. The largest absolute Gasteiger partial charge is 1.00 e. The fraction of sp³-hybridized carbons (Fsp3) is 0.429. The Kier molecular flexibility index (Phi) is 8.02. The molecule has 2 aliphatic rings. The van der Waals surface area contributed by atoms with Crippen molar-refractivity contribution in [2.45, 2.75) is 18.3 Å². The Balaban J connectivity index is 0.00000300. The van der Waals surface area contributed by atoms with Crippen LogP contribution in [0.3, 0.4) is 0 Å². The molecule has 2 atom stereocenters. The van der Waals surface area contributed by atoms with Gasteiger partial charge in [0.15, 0.2) is 5.13 Å². The predicted octanol–water partition coefficient (Wildman–Crippen LogP) is -5.74. The third-order valence-electron chi connectivity index (χ3n) is 3.87. The summed E-state index contributed by atoms with van der Waals surface area (Å²) < 4.78 is 3.91. The number of nitrogen functional groups attached to an aromatic ring is 1. The standard InChI is InChI=1S/C14H16N6O6S2.Na/c1-2-26-18-6(9-17-14(15)28-19-9)10(22)16-7-11(23)20-8(13(24)25)5(3-21)4-27-12(7)20;/h7,12,21H,2-4H2,1H3,(H,16,22)(H,24,25)(H2,15,17,19);/q;+1/p-1/b18-6+;/t7-,12-;/m1./s1. The van der Waals surface area contributed by atoms with E-state index in [0.29, 0.717) is 0 Å². The number of anilines is 1. The average Bonchev–Trinajstić information content (AvgIpc) is 3.10. The summed E-state index contributed by atoms with van der Waals surface area (Å²) in [4.78, 5) is 46.2. The second-order valence-corrected chi connectivity index (χ2v) is 7.46. The van der Waals surface area contributed by atoms with E-state index < -0.39 is 35.8 Å². The number of aliphatic hydroxyl groups is 1. The topological polar surface area (TPSA) is 183 Å². The van der Waals surface area contributed by atoms with Gasteiger partial charge in [0.2, 0.25) is 11.5 Å². The predicted molar refractivity (Wildman–Crippen MR) is 96.6 cm³/mol. The number of rotatable bonds is 7. The van der Waals surface area contributed by atoms with Gasteiger partial charge in [0.25, 0.3) is 11.8 Å². The summed E-state index contributed by atoms with van der Waals surface area (Å²) in [5.74, 6) is -2.83. The second kappa shape index (κ2) is 9.86. The second-order valence-electron chi connectivity index (χ2n) is 5.57. The minimum Gasteiger partial charge on any atom is -0.543 e. The van der Waals surface area contributed by atoms with E-state index in [0.717, 1.165) is 16.4 Å². The van der Waals surface area contributed by atoms with Crippen molar-refractivity contribution in [3.8, 4) is 0 Å². The number of carboxylic acid groups (broad SMARTS) is 1. The molecule has 1 aromatic rings. The van der Waals surface area contributed by atoms with Crippen molar-refractivity contribution in [2.24, 2.45) is 5.16 Å². The summed E-state index contributed by atoms with van der Waals surface area (Å²) in [6, 6.07) is -0.991. The number of carbonyl (C=O) groups excluding carboxylic acids is 3. The Labute approximate surface area is 195 Å². The van der Waals surface area contributed by atoms with Crippen LogP contribution in [-0.4, -0.2) is 73.2 Å². The number of amides is 2. The summed E-state index contributed by atoms with van der Waals surface area (Å²) in [6.07, 6.45) is 0. The summed E-state index contributed by atoms with van der Waals surface area (Å²) in [6.45, 7) is 1.35. The molecule has 0 bridgehead atoms. The van der Waals surface area contributed by atoms with E-state index in [1.165, 1.54) is 11.8 Å². The van der Waals surface area contributed by atoms with Crippen molar-refractivity contribution < 1.29 is 59.0 Å². The van der Waals surface area contributed by atoms with Crippen LogP contribution in [0.2, 0.25) is 0 Å². The van der Waals surface area contributed by atoms with Gasteiger partial charge in [0, 0.05) is 17.3 Å². The minimum absolute atomic E-state index is 0. The minimum atomic E-state index is -1.56. The van der Waals surface area contributed by atoms with Crippen molar-refractivity contribution in [3.05, 3.63) is 17.1 Å². The molecule has 15 heteroatoms. The van der Waals surface area contributed by atoms with Crippen molar-refractivity contribution in [1.29, 1.82) is 0 Å². The number of thioether (sulfide) groups is 1. The number of nitrogens with zero attached hydrogens (tertiary/aromatic N) is 4. The molecular weight excluding hydrogens is 435 g/mol. The zero-order valence-corrected chi connectivity index (χ0v) is 19.1. The molecule has 12 nitrogen and oxygen atoms in total. The van der Waals surface area contributed by atoms with E-state index in [1.807, 2.05) is 0 Å². The zero-order valence-electron chi connectivity index (χ0n) is 15.4. The van der Waals surface area contributed by atoms with Crippen molar-refractivity contribution in [3.63, 3.8) is 0 Å². The maximum Gasteiger partial charge on any atom is 1.00 e. The molecule has 0 saturated carbocycles. The monoisotopic (exact) mass is 450 g/mol. The van der Waals surface area contributed by atoms with E-state index in [-0.39, 0.29) is 69.9 Å². The van der Waals surface area contributed by atoms with Crippen LogP contribution in [0.4, 0.5) is 5.13 Å². The first-order chi connectivity index (χ1) is 13.4. The summed E-state index contributed by atoms with van der Waals surface area (Å²) >= 11 is 2.08. The average molecular weight is 450 g/mol. The van der Waals surface area contributed by atoms with Gasteiger partial charge in [-0.2, -0.15) is 9.36 Å². The molecule has 0 radical (unpaired) electrons. The van der Waals surface area contributed by atoms with Gasteiger partial charge in [0.1, 0.15) is 18.0 Å². The van der Waals surface area contributed by atoms with Crippen LogP contribution in [0.1, 0.15) is 12.7 Å². The number of nitrogens with one attached hydrogen (secondary N) is 1. The Morgan fingerprint density at radius 2 is 2.24 bits per heavy atom. The molecule has 1 fully saturated rings. The molecule has 1 saturated heterocycles. The maximum absolute atomic E-state index is 12.6. The van der Waals surface area contributed by atoms with Gasteiger partial charge in [-0.1, -0.05) is 5.16 Å². The molecule has 4 N–H and O–H groups in total. The molecule has 29 heavy (non-hydrogen) atoms. The van der Waals surface area contributed by atoms with Crippen LogP contribution < -0.4 is 45.7 Å². The summed E-state index contributed by atoms with van der Waals surface area (Å²) in [7, 11) is 0. The van der Waals surface area contributed by atoms with E-state index in [2.05, 4.69) is 19.8 Å². The molecule has 0 aliphatic carbocycles. The van der Waals surface area contributed by atoms with Crippen LogP contribution in [0.5, 0.6) is 0 Å². The molecule has 1 aromatic heterocycles. The van der Waals surface area contributed by atoms with Gasteiger partial charge in [-0.25, -0.2) is 0 Å². The smallest absolute Gasteiger partial charge is 0.543 e. The van der Waals surface area contributed by atoms with Crippen molar-refractivity contribution >= 4 is 51.9 Å². The summed E-state index contributed by atoms with van der Waals surface area (Å²) in [5, 5.41) is 26.3. The molecule has 3 heterocycles. The number of hydrogen-bond donors (Lipinski definition) is 3. The molecule has 3 rings (SSSR count). The molecule has 0 spiro atoms. The van der Waals surface area contributed by atoms with Crippen molar-refractivity contribution in [2.75, 3.05) is 24.7 Å². The number of oxime groups is 1. The van der Waals surface area contributed by atoms with Gasteiger partial charge in [0.05, 0.1) is 18.3 Å². The van der Waals surface area contributed by atoms with Crippen molar-refractivity contribution in [1.82, 2.24) is 19.6 Å². The Morgan fingerprint density at radius 1 is 1.52 bits per heavy atom. The summed E-state index contributed by atoms with van der Waals surface area (Å²) in [5.41, 5.74) is 5.09. The number of nitrogens with two attached hydrogens (primary N) is 1. The Morgan fingerprint density at radius 3 is 2.79 bits per heavy atom. The number of aliphatic hydroxyl groups excluding tert-OH is 1. The van der Waals surface area contributed by atoms with Gasteiger partial charge < -0.3 is 30.9 Å². The third kappa shape index (κ3) is 4.57. The van der Waals surface area contributed by atoms with E-state index >= 15 is 0 Å². The van der Waals surface area contributed by atoms with Crippen LogP contribution in [0.15, 0.2) is 16.4 Å². The first-order valence-electron chi connectivity index (χ1n) is 7.98. The van der Waals surface area contributed by atoms with E-state index in [9.17, 15) is 24.6 Å². The number of fused-ring (bicyclic) bond motifs is 1. The quantitative estimate of drug-likeness (QED) is 0.157. The SMILES string of the molecule is CCO/N=C(/C(=O)N[C@@H]1C(=O)N2C(C(=O)[O-])=C(CO)CS[C@H]12)c1nsc(N)n1.[Na+]. The van der Waals surface area contributed by atoms with Gasteiger partial charge in [-0.3, -0.25) is 14.5 Å². The maximum atomic E-state index is 12.6. The molecule has 2 aliphatic heterocycles. The zero-order chi connectivity index (χ0) is 20.4. The van der Waals surface area contributed by atoms with Crippen LogP contribution in [0, 0.1) is 0 Å². The third-order valence-corrected chi connectivity index (χ3v) is 5.75. The number of carbonyl (C=O) groups is 3. The van der Waals surface area contributed by atoms with Crippen LogP contribution in [-0.2, 0) is 19.2 Å². The van der Waals surface area contributed by atoms with E-state index in [1.54, 1.807) is 6.92 Å². The number of carboxylic acids is 1. The fourth-order valence-corrected chi connectivity index (χ4v) is 4.42. The number of aliphatic carboxylic acids is 1. The Bertz CT molecular complexity index is 890. The first-order valence-corrected chi connectivity index (χ1v) is 9.80. The molecule has 150 valence electrons. The normalized spacial score (nSPS) is 21.1. The van der Waals surface area contributed by atoms with Gasteiger partial charge in [-0.05, 0) is 12.5 Å².